The van der Waals surface area contributed by atoms with E-state index in [0.29, 0.717) is 27.4 Å². The Hall–Kier alpha value is -3.02. The van der Waals surface area contributed by atoms with Crippen molar-refractivity contribution in [3.63, 3.8) is 0 Å². The van der Waals surface area contributed by atoms with Gasteiger partial charge in [-0.25, -0.2) is 15.3 Å². The number of benzene rings is 2. The fourth-order valence-electron chi connectivity index (χ4n) is 2.79. The number of amides is 1. The first-order valence-electron chi connectivity index (χ1n) is 9.37. The average molecular weight is 523 g/mol. The molecule has 3 aromatic rings. The molecular weight excluding hydrogens is 504 g/mol. The fourth-order valence-corrected chi connectivity index (χ4v) is 3.21. The van der Waals surface area contributed by atoms with Crippen molar-refractivity contribution >= 4 is 61.5 Å². The number of likely N-dealkylation sites (N-methyl/N-ethyl adjacent to an activating group) is 1. The molecule has 2 aromatic carbocycles. The lowest BCUT2D eigenvalue weighted by Gasteiger charge is -2.12. The van der Waals surface area contributed by atoms with Crippen molar-refractivity contribution in [1.29, 1.82) is 0 Å². The summed E-state index contributed by atoms with van der Waals surface area (Å²) in [6.07, 6.45) is 1.34. The number of ether oxygens (including phenoxy) is 1. The third-order valence-corrected chi connectivity index (χ3v) is 5.42. The zero-order valence-electron chi connectivity index (χ0n) is 17.2. The highest BCUT2D eigenvalue weighted by Crippen LogP contribution is 2.35. The van der Waals surface area contributed by atoms with Crippen LogP contribution < -0.4 is 15.4 Å². The predicted molar refractivity (Wildman–Crippen MR) is 125 cm³/mol. The molecule has 1 heterocycles. The molecule has 0 aliphatic heterocycles. The largest absolute Gasteiger partial charge is 0.485 e. The summed E-state index contributed by atoms with van der Waals surface area (Å²) >= 11 is 9.46. The van der Waals surface area contributed by atoms with Crippen molar-refractivity contribution in [2.45, 2.75) is 0 Å². The van der Waals surface area contributed by atoms with Gasteiger partial charge in [0.25, 0.3) is 5.91 Å². The maximum Gasteiger partial charge on any atom is 0.311 e. The molecule has 3 rings (SSSR count). The number of nitrogens with zero attached hydrogens (tertiary/aromatic N) is 5. The zero-order chi connectivity index (χ0) is 23.3. The molecule has 0 saturated carbocycles. The van der Waals surface area contributed by atoms with Gasteiger partial charge in [-0.1, -0.05) is 11.6 Å². The average Bonchev–Trinajstić information content (AvgIpc) is 2.73. The van der Waals surface area contributed by atoms with E-state index in [1.807, 2.05) is 0 Å². The second-order valence-corrected chi connectivity index (χ2v) is 8.19. The smallest absolute Gasteiger partial charge is 0.311 e. The van der Waals surface area contributed by atoms with E-state index >= 15 is 0 Å². The number of aromatic nitrogens is 2. The number of nitro groups is 1. The molecule has 32 heavy (non-hydrogen) atoms. The van der Waals surface area contributed by atoms with Gasteiger partial charge in [0.15, 0.2) is 5.75 Å². The van der Waals surface area contributed by atoms with E-state index in [1.165, 1.54) is 18.5 Å². The van der Waals surface area contributed by atoms with Crippen LogP contribution in [0.1, 0.15) is 0 Å². The molecule has 0 spiro atoms. The van der Waals surface area contributed by atoms with Gasteiger partial charge in [0.05, 0.1) is 33.9 Å². The number of rotatable bonds is 9. The molecule has 0 unspecified atom stereocenters. The highest BCUT2D eigenvalue weighted by atomic mass is 79.9. The zero-order valence-corrected chi connectivity index (χ0v) is 19.6. The minimum atomic E-state index is -0.545. The summed E-state index contributed by atoms with van der Waals surface area (Å²) in [4.78, 5) is 32.8. The number of fused-ring (bicyclic) bond motifs is 1. The van der Waals surface area contributed by atoms with Gasteiger partial charge >= 0.3 is 5.69 Å². The standard InChI is InChI=1S/C20H19BrClN6O4/c1-27(2)10-19(29)23-5-6-32-18-9-16-13(8-17(18)28(30)31)20(25-11-24-16)26-12-3-4-14(21)15(22)7-12/h3-4,7-9,11H,5-6,10H2,1-2H3,(H,24,25,26). The van der Waals surface area contributed by atoms with Crippen molar-refractivity contribution in [3.8, 4) is 5.75 Å². The lowest BCUT2D eigenvalue weighted by atomic mass is 10.2. The van der Waals surface area contributed by atoms with Crippen molar-refractivity contribution < 1.29 is 14.5 Å². The van der Waals surface area contributed by atoms with Gasteiger partial charge in [-0.2, -0.15) is 0 Å². The van der Waals surface area contributed by atoms with Crippen LogP contribution >= 0.6 is 27.5 Å². The number of nitrogens with one attached hydrogen (secondary N) is 1. The van der Waals surface area contributed by atoms with Crippen LogP contribution in [0.5, 0.6) is 5.75 Å². The van der Waals surface area contributed by atoms with Gasteiger partial charge in [-0.3, -0.25) is 14.9 Å². The first-order valence-corrected chi connectivity index (χ1v) is 10.5. The molecule has 10 nitrogen and oxygen atoms in total. The maximum absolute atomic E-state index is 11.6. The summed E-state index contributed by atoms with van der Waals surface area (Å²) in [6, 6.07) is 8.08. The molecule has 0 aliphatic rings. The second kappa shape index (κ2) is 10.5. The molecule has 1 N–H and O–H groups in total. The van der Waals surface area contributed by atoms with Gasteiger partial charge in [-0.15, -0.1) is 0 Å². The van der Waals surface area contributed by atoms with Crippen molar-refractivity contribution in [2.24, 2.45) is 0 Å². The minimum absolute atomic E-state index is 0.0130. The molecule has 12 heteroatoms. The van der Waals surface area contributed by atoms with E-state index in [4.69, 9.17) is 16.3 Å². The second-order valence-electron chi connectivity index (χ2n) is 6.93. The number of hydrogen-bond donors (Lipinski definition) is 1. The van der Waals surface area contributed by atoms with E-state index in [-0.39, 0.29) is 37.0 Å². The van der Waals surface area contributed by atoms with Crippen molar-refractivity contribution in [2.75, 3.05) is 39.1 Å². The Morgan fingerprint density at radius 1 is 1.31 bits per heavy atom. The van der Waals surface area contributed by atoms with Crippen LogP contribution in [0.4, 0.5) is 17.2 Å². The molecule has 0 fully saturated rings. The molecule has 1 amide bonds. The minimum Gasteiger partial charge on any atom is -0.485 e. The van der Waals surface area contributed by atoms with E-state index in [2.05, 4.69) is 36.5 Å². The van der Waals surface area contributed by atoms with Crippen LogP contribution in [0.25, 0.3) is 10.9 Å². The Bertz CT molecular complexity index is 1160. The molecule has 0 atom stereocenters. The monoisotopic (exact) mass is 521 g/mol. The Kier molecular flexibility index (Phi) is 7.78. The van der Waals surface area contributed by atoms with Crippen LogP contribution in [0.3, 0.4) is 0 Å². The van der Waals surface area contributed by atoms with Crippen LogP contribution in [0.15, 0.2) is 41.1 Å². The Morgan fingerprint density at radius 2 is 2.09 bits per heavy atom. The fraction of sp³-hybridized carbons (Fsp3) is 0.250. The van der Waals surface area contributed by atoms with E-state index in [0.717, 1.165) is 4.47 Å². The highest BCUT2D eigenvalue weighted by molar-refractivity contribution is 9.10. The predicted octanol–water partition coefficient (Wildman–Crippen LogP) is 3.77. The Morgan fingerprint density at radius 3 is 2.78 bits per heavy atom. The normalized spacial score (nSPS) is 10.9. The molecule has 0 aliphatic carbocycles. The SMILES string of the molecule is CN(C)CC(=O)[N]CCOc1cc2ncnc(Nc3ccc(Br)c(Cl)c3)c2cc1[N+](=O)[O-]. The lowest BCUT2D eigenvalue weighted by molar-refractivity contribution is -0.385. The number of carbonyl (C=O) groups is 1. The van der Waals surface area contributed by atoms with Gasteiger partial charge in [0, 0.05) is 22.3 Å². The first kappa shape index (κ1) is 23.6. The van der Waals surface area contributed by atoms with E-state index in [1.54, 1.807) is 37.2 Å². The Balaban J connectivity index is 1.82. The molecule has 1 aromatic heterocycles. The third kappa shape index (κ3) is 6.02. The summed E-state index contributed by atoms with van der Waals surface area (Å²) in [7, 11) is 3.53. The number of halogens is 2. The van der Waals surface area contributed by atoms with Crippen LogP contribution in [0, 0.1) is 10.1 Å². The number of carbonyl (C=O) groups excluding carboxylic acids is 1. The van der Waals surface area contributed by atoms with Crippen molar-refractivity contribution in [3.05, 3.63) is 56.3 Å². The number of hydrogen-bond acceptors (Lipinski definition) is 8. The van der Waals surface area contributed by atoms with Crippen LogP contribution in [0.2, 0.25) is 5.02 Å². The molecular formula is C20H19BrClN6O4. The first-order chi connectivity index (χ1) is 15.2. The topological polar surface area (TPSA) is 125 Å². The van der Waals surface area contributed by atoms with Gasteiger partial charge in [0.2, 0.25) is 0 Å². The summed E-state index contributed by atoms with van der Waals surface area (Å²) < 4.78 is 6.28. The molecule has 167 valence electrons. The van der Waals surface area contributed by atoms with Crippen LogP contribution in [-0.4, -0.2) is 59.5 Å². The van der Waals surface area contributed by atoms with Gasteiger partial charge in [-0.05, 0) is 48.2 Å². The molecule has 0 saturated heterocycles. The summed E-state index contributed by atoms with van der Waals surface area (Å²) in [5.41, 5.74) is 0.862. The summed E-state index contributed by atoms with van der Waals surface area (Å²) in [6.45, 7) is 0.286. The van der Waals surface area contributed by atoms with Crippen LogP contribution in [-0.2, 0) is 4.79 Å². The molecule has 1 radical (unpaired) electrons. The third-order valence-electron chi connectivity index (χ3n) is 4.18. The van der Waals surface area contributed by atoms with Gasteiger partial charge < -0.3 is 15.0 Å². The number of anilines is 2. The lowest BCUT2D eigenvalue weighted by Crippen LogP contribution is -2.30. The number of nitro benzene ring substituents is 1. The maximum atomic E-state index is 11.6. The van der Waals surface area contributed by atoms with Crippen molar-refractivity contribution in [1.82, 2.24) is 20.2 Å². The highest BCUT2D eigenvalue weighted by Gasteiger charge is 2.19. The molecule has 0 bridgehead atoms. The Labute approximate surface area is 197 Å². The quantitative estimate of drug-likeness (QED) is 0.256. The van der Waals surface area contributed by atoms with E-state index in [9.17, 15) is 14.9 Å². The summed E-state index contributed by atoms with van der Waals surface area (Å²) in [5.74, 6) is 0.129. The van der Waals surface area contributed by atoms with E-state index < -0.39 is 4.92 Å². The van der Waals surface area contributed by atoms with Gasteiger partial charge in [0.1, 0.15) is 18.8 Å². The summed E-state index contributed by atoms with van der Waals surface area (Å²) in [5, 5.41) is 19.6.